The summed E-state index contributed by atoms with van der Waals surface area (Å²) in [6.07, 6.45) is 0. The molecule has 3 heteroatoms. The molecule has 0 aliphatic heterocycles. The van der Waals surface area contributed by atoms with Gasteiger partial charge in [0, 0.05) is 0 Å². The van der Waals surface area contributed by atoms with Crippen molar-refractivity contribution in [3.63, 3.8) is 0 Å². The van der Waals surface area contributed by atoms with Crippen LogP contribution in [0.5, 0.6) is 0 Å². The van der Waals surface area contributed by atoms with E-state index >= 15 is 0 Å². The second-order valence-electron chi connectivity index (χ2n) is 7.91. The Morgan fingerprint density at radius 1 is 0.424 bits per heavy atom. The first kappa shape index (κ1) is 22.5. The van der Waals surface area contributed by atoms with Gasteiger partial charge in [0.2, 0.25) is 0 Å². The molecule has 0 radical (unpaired) electrons. The zero-order chi connectivity index (χ0) is 22.5. The van der Waals surface area contributed by atoms with Crippen LogP contribution in [-0.2, 0) is 0 Å². The van der Waals surface area contributed by atoms with Crippen molar-refractivity contribution in [2.24, 2.45) is 0 Å². The van der Waals surface area contributed by atoms with Crippen LogP contribution >= 0.6 is 34.9 Å². The van der Waals surface area contributed by atoms with Crippen molar-refractivity contribution in [2.75, 3.05) is 0 Å². The van der Waals surface area contributed by atoms with Crippen LogP contribution in [0.15, 0.2) is 146 Å². The Balaban J connectivity index is 1.80. The van der Waals surface area contributed by atoms with Crippen LogP contribution in [0.25, 0.3) is 0 Å². The summed E-state index contributed by atoms with van der Waals surface area (Å²) in [6.45, 7) is 0. The van der Waals surface area contributed by atoms with Gasteiger partial charge in [-0.1, -0.05) is 0 Å². The van der Waals surface area contributed by atoms with E-state index in [-0.39, 0.29) is 0 Å². The van der Waals surface area contributed by atoms with E-state index in [9.17, 15) is 0 Å². The summed E-state index contributed by atoms with van der Waals surface area (Å²) in [6, 6.07) is 53.4. The Bertz CT molecular complexity index is 1230. The van der Waals surface area contributed by atoms with Crippen LogP contribution in [0.2, 0.25) is 0 Å². The standard InChI is InChI=1S/C30H25IP2/c31-33(27-19-9-3-10-20-27,28-21-11-4-12-22-28)30-24-14-13-23-29(30)32(25-15-5-1-6-16-25)26-17-7-2-8-18-26/h1-24,33H. The zero-order valence-corrected chi connectivity index (χ0v) is 22.2. The first-order chi connectivity index (χ1) is 16.3. The molecule has 0 heterocycles. The molecule has 0 bridgehead atoms. The van der Waals surface area contributed by atoms with Gasteiger partial charge in [-0.05, 0) is 0 Å². The van der Waals surface area contributed by atoms with Crippen molar-refractivity contribution in [3.05, 3.63) is 146 Å². The van der Waals surface area contributed by atoms with Gasteiger partial charge in [0.05, 0.1) is 0 Å². The molecule has 5 aromatic rings. The number of hydrogen-bond donors (Lipinski definition) is 0. The molecule has 0 spiro atoms. The Morgan fingerprint density at radius 2 is 0.788 bits per heavy atom. The van der Waals surface area contributed by atoms with Gasteiger partial charge < -0.3 is 0 Å². The summed E-state index contributed by atoms with van der Waals surface area (Å²) < 4.78 is 0. The molecule has 0 saturated heterocycles. The third kappa shape index (κ3) is 4.56. The molecule has 0 aromatic heterocycles. The number of hydrogen-bond acceptors (Lipinski definition) is 0. The molecular weight excluding hydrogens is 549 g/mol. The summed E-state index contributed by atoms with van der Waals surface area (Å²) in [4.78, 5) is -2.26. The van der Waals surface area contributed by atoms with Crippen LogP contribution in [-0.4, -0.2) is 0 Å². The van der Waals surface area contributed by atoms with Crippen molar-refractivity contribution in [3.8, 4) is 0 Å². The minimum absolute atomic E-state index is 0.682. The topological polar surface area (TPSA) is 0 Å². The molecule has 0 saturated carbocycles. The average Bonchev–Trinajstić information content (AvgIpc) is 2.91. The fourth-order valence-corrected chi connectivity index (χ4v) is 14.8. The predicted octanol–water partition coefficient (Wildman–Crippen LogP) is 5.82. The summed E-state index contributed by atoms with van der Waals surface area (Å²) >= 11 is 2.82. The maximum atomic E-state index is 2.82. The zero-order valence-electron chi connectivity index (χ0n) is 18.2. The molecule has 0 aliphatic rings. The fraction of sp³-hybridized carbons (Fsp3) is 0. The average molecular weight is 574 g/mol. The van der Waals surface area contributed by atoms with Gasteiger partial charge in [-0.15, -0.1) is 0 Å². The van der Waals surface area contributed by atoms with E-state index in [1.807, 2.05) is 0 Å². The fourth-order valence-electron chi connectivity index (χ4n) is 4.35. The van der Waals surface area contributed by atoms with E-state index in [4.69, 9.17) is 0 Å². The monoisotopic (exact) mass is 574 g/mol. The third-order valence-electron chi connectivity index (χ3n) is 5.89. The quantitative estimate of drug-likeness (QED) is 0.177. The van der Waals surface area contributed by atoms with Crippen molar-refractivity contribution in [1.29, 1.82) is 0 Å². The molecule has 5 aromatic carbocycles. The molecule has 0 amide bonds. The molecule has 162 valence electrons. The van der Waals surface area contributed by atoms with Gasteiger partial charge >= 0.3 is 212 Å². The van der Waals surface area contributed by atoms with E-state index in [1.165, 1.54) is 31.8 Å². The van der Waals surface area contributed by atoms with Crippen LogP contribution < -0.4 is 31.8 Å². The van der Waals surface area contributed by atoms with Crippen molar-refractivity contribution in [2.45, 2.75) is 0 Å². The first-order valence-corrected chi connectivity index (χ1v) is 17.5. The molecular formula is C30H25IP2. The van der Waals surface area contributed by atoms with E-state index in [1.54, 1.807) is 0 Å². The van der Waals surface area contributed by atoms with Crippen LogP contribution in [0.3, 0.4) is 0 Å². The molecule has 0 aliphatic carbocycles. The Hall–Kier alpha value is -2.31. The van der Waals surface area contributed by atoms with Gasteiger partial charge in [-0.2, -0.15) is 0 Å². The predicted molar refractivity (Wildman–Crippen MR) is 159 cm³/mol. The second-order valence-corrected chi connectivity index (χ2v) is 18.0. The van der Waals surface area contributed by atoms with E-state index < -0.39 is 12.8 Å². The Kier molecular flexibility index (Phi) is 7.02. The molecule has 0 nitrogen and oxygen atoms in total. The first-order valence-electron chi connectivity index (χ1n) is 11.1. The van der Waals surface area contributed by atoms with Gasteiger partial charge in [0.1, 0.15) is 0 Å². The maximum absolute atomic E-state index is 2.82. The molecule has 0 atom stereocenters. The molecule has 0 unspecified atom stereocenters. The minimum atomic E-state index is -2.26. The van der Waals surface area contributed by atoms with E-state index in [0.29, 0.717) is 0 Å². The Morgan fingerprint density at radius 3 is 1.24 bits per heavy atom. The van der Waals surface area contributed by atoms with Gasteiger partial charge in [-0.25, -0.2) is 0 Å². The molecule has 0 fully saturated rings. The van der Waals surface area contributed by atoms with Crippen LogP contribution in [0, 0.1) is 0 Å². The van der Waals surface area contributed by atoms with Crippen LogP contribution in [0.1, 0.15) is 0 Å². The van der Waals surface area contributed by atoms with Crippen LogP contribution in [0.4, 0.5) is 0 Å². The molecule has 5 rings (SSSR count). The summed E-state index contributed by atoms with van der Waals surface area (Å²) in [5, 5.41) is 8.58. The summed E-state index contributed by atoms with van der Waals surface area (Å²) in [7, 11) is -0.682. The molecule has 33 heavy (non-hydrogen) atoms. The van der Waals surface area contributed by atoms with Gasteiger partial charge in [0.15, 0.2) is 0 Å². The number of rotatable bonds is 6. The van der Waals surface area contributed by atoms with Crippen molar-refractivity contribution in [1.82, 2.24) is 0 Å². The summed E-state index contributed by atoms with van der Waals surface area (Å²) in [5.41, 5.74) is 0. The molecule has 0 N–H and O–H groups in total. The SMILES string of the molecule is I[PH](c1ccccc1)(c1ccccc1)c1ccccc1P(c1ccccc1)c1ccccc1. The Labute approximate surface area is 211 Å². The van der Waals surface area contributed by atoms with Crippen molar-refractivity contribution >= 4 is 66.7 Å². The van der Waals surface area contributed by atoms with E-state index in [2.05, 4.69) is 168 Å². The van der Waals surface area contributed by atoms with E-state index in [0.717, 1.165) is 0 Å². The van der Waals surface area contributed by atoms with Gasteiger partial charge in [-0.3, -0.25) is 0 Å². The number of benzene rings is 5. The summed E-state index contributed by atoms with van der Waals surface area (Å²) in [5.74, 6) is 0. The third-order valence-corrected chi connectivity index (χ3v) is 17.5. The van der Waals surface area contributed by atoms with Gasteiger partial charge in [0.25, 0.3) is 0 Å². The second kappa shape index (κ2) is 10.3. The normalized spacial score (nSPS) is 11.9. The van der Waals surface area contributed by atoms with Crippen molar-refractivity contribution < 1.29 is 0 Å². The number of halogens is 1.